The van der Waals surface area contributed by atoms with Gasteiger partial charge in [-0.05, 0) is 117 Å². The Labute approximate surface area is 295 Å². The molecule has 50 heavy (non-hydrogen) atoms. The van der Waals surface area contributed by atoms with Crippen LogP contribution < -0.4 is 9.74 Å². The van der Waals surface area contributed by atoms with Crippen molar-refractivity contribution in [2.75, 3.05) is 11.9 Å². The van der Waals surface area contributed by atoms with Crippen molar-refractivity contribution in [2.45, 2.75) is 70.3 Å². The Hall–Kier alpha value is -4.33. The molecule has 0 aromatic heterocycles. The standard InChI is InChI=1S/C39H46F2N2O5Si2/c1-49(2,3)47-33-22-14-29(15-23-33)37(42-32-20-18-31(41)19-21-32)34(24-25-36(48-50(4,5)6)28-12-16-30(40)17-13-28)38(44)43-35(26-46-39(43)45)27-10-8-7-9-11-27/h7-23,34-37,42H,24-26H2,1-6H3/t34?,35-,36+,37-/m1/s1. The lowest BCUT2D eigenvalue weighted by molar-refractivity contribution is -0.134. The van der Waals surface area contributed by atoms with Crippen molar-refractivity contribution in [1.29, 1.82) is 0 Å². The average molecular weight is 717 g/mol. The summed E-state index contributed by atoms with van der Waals surface area (Å²) >= 11 is 0. The number of amides is 2. The number of hydrogen-bond donors (Lipinski definition) is 1. The number of halogens is 2. The molecule has 0 radical (unpaired) electrons. The molecule has 1 fully saturated rings. The number of rotatable bonds is 14. The summed E-state index contributed by atoms with van der Waals surface area (Å²) in [5.74, 6) is -1.23. The third-order valence-electron chi connectivity index (χ3n) is 8.32. The van der Waals surface area contributed by atoms with Gasteiger partial charge in [-0.25, -0.2) is 18.5 Å². The topological polar surface area (TPSA) is 77.1 Å². The van der Waals surface area contributed by atoms with E-state index in [0.717, 1.165) is 22.4 Å². The molecular formula is C39H46F2N2O5Si2. The summed E-state index contributed by atoms with van der Waals surface area (Å²) in [5.41, 5.74) is 2.98. The van der Waals surface area contributed by atoms with Gasteiger partial charge < -0.3 is 18.9 Å². The van der Waals surface area contributed by atoms with Gasteiger partial charge in [0.2, 0.25) is 14.2 Å². The number of hydrogen-bond acceptors (Lipinski definition) is 6. The Bertz CT molecular complexity index is 1730. The number of nitrogens with one attached hydrogen (secondary N) is 1. The predicted molar refractivity (Wildman–Crippen MR) is 197 cm³/mol. The summed E-state index contributed by atoms with van der Waals surface area (Å²) in [7, 11) is -4.01. The van der Waals surface area contributed by atoms with Crippen molar-refractivity contribution < 1.29 is 32.0 Å². The maximum Gasteiger partial charge on any atom is 0.417 e. The van der Waals surface area contributed by atoms with Gasteiger partial charge in [0.15, 0.2) is 8.32 Å². The van der Waals surface area contributed by atoms with E-state index in [2.05, 4.69) is 44.6 Å². The maximum atomic E-state index is 15.0. The predicted octanol–water partition coefficient (Wildman–Crippen LogP) is 10.0. The smallest absolute Gasteiger partial charge is 0.417 e. The zero-order valence-corrected chi connectivity index (χ0v) is 31.5. The minimum atomic E-state index is -2.12. The van der Waals surface area contributed by atoms with E-state index >= 15 is 0 Å². The fourth-order valence-electron chi connectivity index (χ4n) is 6.16. The van der Waals surface area contributed by atoms with E-state index < -0.39 is 52.7 Å². The van der Waals surface area contributed by atoms with Crippen molar-refractivity contribution >= 4 is 34.3 Å². The van der Waals surface area contributed by atoms with Crippen LogP contribution in [0.1, 0.15) is 47.7 Å². The lowest BCUT2D eigenvalue weighted by atomic mass is 9.85. The van der Waals surface area contributed by atoms with Crippen LogP contribution in [0.5, 0.6) is 5.75 Å². The van der Waals surface area contributed by atoms with Crippen LogP contribution in [0.15, 0.2) is 103 Å². The number of benzene rings is 4. The maximum absolute atomic E-state index is 15.0. The second-order valence-electron chi connectivity index (χ2n) is 14.6. The van der Waals surface area contributed by atoms with E-state index in [1.165, 1.54) is 29.2 Å². The van der Waals surface area contributed by atoms with E-state index in [-0.39, 0.29) is 18.2 Å². The Kier molecular flexibility index (Phi) is 11.6. The minimum absolute atomic E-state index is 0.0387. The second-order valence-corrected chi connectivity index (χ2v) is 23.5. The van der Waals surface area contributed by atoms with Gasteiger partial charge in [-0.1, -0.05) is 54.6 Å². The molecule has 7 nitrogen and oxygen atoms in total. The van der Waals surface area contributed by atoms with Crippen LogP contribution in [-0.2, 0) is 14.0 Å². The highest BCUT2D eigenvalue weighted by Gasteiger charge is 2.44. The summed E-state index contributed by atoms with van der Waals surface area (Å²) in [6, 6.07) is 27.9. The van der Waals surface area contributed by atoms with Crippen molar-refractivity contribution in [3.63, 3.8) is 0 Å². The fourth-order valence-corrected chi connectivity index (χ4v) is 8.12. The molecule has 1 N–H and O–H groups in total. The van der Waals surface area contributed by atoms with E-state index in [0.29, 0.717) is 18.5 Å². The highest BCUT2D eigenvalue weighted by Crippen LogP contribution is 2.39. The summed E-state index contributed by atoms with van der Waals surface area (Å²) in [6.07, 6.45) is -0.430. The molecule has 1 aliphatic heterocycles. The van der Waals surface area contributed by atoms with Gasteiger partial charge in [0.1, 0.15) is 30.0 Å². The quantitative estimate of drug-likeness (QED) is 0.131. The van der Waals surface area contributed by atoms with Crippen LogP contribution in [0, 0.1) is 17.6 Å². The number of cyclic esters (lactones) is 1. The average Bonchev–Trinajstić information content (AvgIpc) is 3.45. The van der Waals surface area contributed by atoms with Gasteiger partial charge in [-0.15, -0.1) is 0 Å². The van der Waals surface area contributed by atoms with E-state index in [1.807, 2.05) is 54.6 Å². The zero-order valence-electron chi connectivity index (χ0n) is 29.5. The van der Waals surface area contributed by atoms with Gasteiger partial charge in [0, 0.05) is 5.69 Å². The SMILES string of the molecule is C[Si](C)(C)Oc1ccc([C@@H](Nc2ccc(F)cc2)C(CC[C@H](O[Si](C)(C)C)c2ccc(F)cc2)C(=O)N2C(=O)OC[C@@H]2c2ccccc2)cc1. The number of anilines is 1. The molecule has 264 valence electrons. The summed E-state index contributed by atoms with van der Waals surface area (Å²) in [6.45, 7) is 12.6. The van der Waals surface area contributed by atoms with Gasteiger partial charge in [-0.3, -0.25) is 4.79 Å². The van der Waals surface area contributed by atoms with Gasteiger partial charge >= 0.3 is 6.09 Å². The van der Waals surface area contributed by atoms with E-state index in [1.54, 1.807) is 24.3 Å². The van der Waals surface area contributed by atoms with Crippen LogP contribution in [0.4, 0.5) is 19.3 Å². The molecule has 5 rings (SSSR count). The lowest BCUT2D eigenvalue weighted by Crippen LogP contribution is -2.42. The van der Waals surface area contributed by atoms with Gasteiger partial charge in [0.25, 0.3) is 0 Å². The summed E-state index contributed by atoms with van der Waals surface area (Å²) in [5, 5.41) is 3.50. The molecule has 4 aromatic rings. The van der Waals surface area contributed by atoms with Crippen molar-refractivity contribution in [2.24, 2.45) is 5.92 Å². The first-order chi connectivity index (χ1) is 23.7. The first kappa shape index (κ1) is 36.9. The number of carbonyl (C=O) groups excluding carboxylic acids is 2. The van der Waals surface area contributed by atoms with Crippen molar-refractivity contribution in [3.05, 3.63) is 131 Å². The minimum Gasteiger partial charge on any atom is -0.544 e. The third kappa shape index (κ3) is 9.89. The molecule has 0 bridgehead atoms. The van der Waals surface area contributed by atoms with Gasteiger partial charge in [-0.2, -0.15) is 0 Å². The molecule has 0 aliphatic carbocycles. The molecule has 0 saturated carbocycles. The lowest BCUT2D eigenvalue weighted by Gasteiger charge is -2.34. The third-order valence-corrected chi connectivity index (χ3v) is 10.2. The number of carbonyl (C=O) groups is 2. The number of nitrogens with zero attached hydrogens (tertiary/aromatic N) is 1. The van der Waals surface area contributed by atoms with Crippen molar-refractivity contribution in [1.82, 2.24) is 4.90 Å². The summed E-state index contributed by atoms with van der Waals surface area (Å²) in [4.78, 5) is 29.6. The second kappa shape index (κ2) is 15.7. The van der Waals surface area contributed by atoms with Crippen LogP contribution >= 0.6 is 0 Å². The Balaban J connectivity index is 1.58. The van der Waals surface area contributed by atoms with E-state index in [4.69, 9.17) is 13.6 Å². The molecule has 1 heterocycles. The highest BCUT2D eigenvalue weighted by molar-refractivity contribution is 6.70. The van der Waals surface area contributed by atoms with Crippen LogP contribution in [0.2, 0.25) is 39.3 Å². The van der Waals surface area contributed by atoms with Crippen LogP contribution in [-0.4, -0.2) is 40.1 Å². The monoisotopic (exact) mass is 716 g/mol. The summed E-state index contributed by atoms with van der Waals surface area (Å²) < 4.78 is 46.3. The first-order valence-electron chi connectivity index (χ1n) is 17.0. The van der Waals surface area contributed by atoms with Gasteiger partial charge in [0.05, 0.1) is 18.1 Å². The van der Waals surface area contributed by atoms with Crippen LogP contribution in [0.25, 0.3) is 0 Å². The molecular weight excluding hydrogens is 671 g/mol. The Morgan fingerprint density at radius 1 is 0.800 bits per heavy atom. The molecule has 1 unspecified atom stereocenters. The van der Waals surface area contributed by atoms with Crippen LogP contribution in [0.3, 0.4) is 0 Å². The Morgan fingerprint density at radius 3 is 1.96 bits per heavy atom. The molecule has 1 aliphatic rings. The first-order valence-corrected chi connectivity index (χ1v) is 23.8. The van der Waals surface area contributed by atoms with E-state index in [9.17, 15) is 18.4 Å². The molecule has 1 saturated heterocycles. The molecule has 11 heteroatoms. The number of ether oxygens (including phenoxy) is 1. The number of imide groups is 1. The molecule has 2 amide bonds. The Morgan fingerprint density at radius 2 is 1.38 bits per heavy atom. The molecule has 4 aromatic carbocycles. The largest absolute Gasteiger partial charge is 0.544 e. The fraction of sp³-hybridized carbons (Fsp3) is 0.333. The highest BCUT2D eigenvalue weighted by atomic mass is 28.4. The van der Waals surface area contributed by atoms with Crippen molar-refractivity contribution in [3.8, 4) is 5.75 Å². The molecule has 4 atom stereocenters. The molecule has 0 spiro atoms. The zero-order chi connectivity index (χ0) is 36.1. The normalized spacial score (nSPS) is 16.8.